The van der Waals surface area contributed by atoms with Gasteiger partial charge in [0, 0.05) is 11.5 Å². The van der Waals surface area contributed by atoms with E-state index >= 15 is 0 Å². The van der Waals surface area contributed by atoms with Crippen LogP contribution in [0.2, 0.25) is 0 Å². The number of alkyl halides is 2. The fraction of sp³-hybridized carbons (Fsp3) is 1.00. The van der Waals surface area contributed by atoms with E-state index in [0.717, 1.165) is 0 Å². The van der Waals surface area contributed by atoms with Crippen LogP contribution >= 0.6 is 55.4 Å². The van der Waals surface area contributed by atoms with Gasteiger partial charge in [-0.25, -0.2) is 0 Å². The van der Waals surface area contributed by atoms with Crippen molar-refractivity contribution < 1.29 is 0 Å². The molecule has 2 unspecified atom stereocenters. The Morgan fingerprint density at radius 1 is 1.00 bits per heavy atom. The highest BCUT2D eigenvalue weighted by Crippen LogP contribution is 2.38. The van der Waals surface area contributed by atoms with E-state index in [1.165, 1.54) is 11.5 Å². The second-order valence-electron chi connectivity index (χ2n) is 1.44. The molecule has 0 saturated carbocycles. The van der Waals surface area contributed by atoms with Crippen LogP contribution in [0.15, 0.2) is 0 Å². The second-order valence-corrected chi connectivity index (χ2v) is 7.13. The van der Waals surface area contributed by atoms with Gasteiger partial charge in [-0.3, -0.25) is 0 Å². The Kier molecular flexibility index (Phi) is 3.63. The fourth-order valence-electron chi connectivity index (χ4n) is 0.473. The van der Waals surface area contributed by atoms with E-state index < -0.39 is 0 Å². The van der Waals surface area contributed by atoms with Crippen LogP contribution in [0.3, 0.4) is 0 Å². The molecule has 0 radical (unpaired) electrons. The van der Waals surface area contributed by atoms with Crippen molar-refractivity contribution in [1.29, 1.82) is 0 Å². The molecule has 2 atom stereocenters. The summed E-state index contributed by atoms with van der Waals surface area (Å²) in [7, 11) is 0. The summed E-state index contributed by atoms with van der Waals surface area (Å²) in [5, 5.41) is 0. The van der Waals surface area contributed by atoms with Gasteiger partial charge in [0.1, 0.15) is 0 Å². The van der Waals surface area contributed by atoms with E-state index in [4.69, 9.17) is 0 Å². The van der Waals surface area contributed by atoms with Crippen molar-refractivity contribution in [3.8, 4) is 0 Å². The lowest BCUT2D eigenvalue weighted by Crippen LogP contribution is -2.13. The maximum Gasteiger partial charge on any atom is 0.0816 e. The molecule has 0 aromatic rings. The van der Waals surface area contributed by atoms with Crippen molar-refractivity contribution in [2.24, 2.45) is 0 Å². The van der Waals surface area contributed by atoms with Crippen molar-refractivity contribution in [3.63, 3.8) is 0 Å². The van der Waals surface area contributed by atoms with Gasteiger partial charge in [-0.1, -0.05) is 31.9 Å². The Morgan fingerprint density at radius 2 is 1.38 bits per heavy atom. The van der Waals surface area contributed by atoms with Gasteiger partial charge >= 0.3 is 0 Å². The van der Waals surface area contributed by atoms with Crippen LogP contribution in [0.5, 0.6) is 0 Å². The molecule has 1 aliphatic rings. The summed E-state index contributed by atoms with van der Waals surface area (Å²) in [6, 6.07) is 0. The number of hydrogen-bond donors (Lipinski definition) is 0. The molecule has 1 heterocycles. The molecule has 0 nitrogen and oxygen atoms in total. The lowest BCUT2D eigenvalue weighted by atomic mass is 10.9. The predicted molar refractivity (Wildman–Crippen MR) is 50.3 cm³/mol. The minimum Gasteiger partial charge on any atom is -0.144 e. The molecule has 0 spiro atoms. The zero-order chi connectivity index (χ0) is 5.98. The lowest BCUT2D eigenvalue weighted by molar-refractivity contribution is 1.34. The monoisotopic (exact) mass is 276 g/mol. The Labute approximate surface area is 74.8 Å². The van der Waals surface area contributed by atoms with Gasteiger partial charge in [-0.15, -0.1) is 23.5 Å². The molecule has 48 valence electrons. The van der Waals surface area contributed by atoms with Crippen LogP contribution in [0.25, 0.3) is 0 Å². The lowest BCUT2D eigenvalue weighted by Gasteiger charge is -2.20. The maximum atomic E-state index is 3.55. The van der Waals surface area contributed by atoms with Gasteiger partial charge < -0.3 is 0 Å². The largest absolute Gasteiger partial charge is 0.144 e. The molecule has 8 heavy (non-hydrogen) atoms. The van der Waals surface area contributed by atoms with Crippen molar-refractivity contribution in [2.45, 2.75) is 8.32 Å². The average Bonchev–Trinajstić information content (AvgIpc) is 1.77. The summed E-state index contributed by atoms with van der Waals surface area (Å²) in [5.74, 6) is 2.56. The van der Waals surface area contributed by atoms with Gasteiger partial charge in [0.25, 0.3) is 0 Å². The van der Waals surface area contributed by atoms with E-state index in [-0.39, 0.29) is 0 Å². The third-order valence-electron chi connectivity index (χ3n) is 0.844. The Morgan fingerprint density at radius 3 is 1.62 bits per heavy atom. The van der Waals surface area contributed by atoms with Crippen LogP contribution in [0.1, 0.15) is 0 Å². The van der Waals surface area contributed by atoms with Gasteiger partial charge in [0.15, 0.2) is 0 Å². The first kappa shape index (κ1) is 7.76. The Hall–Kier alpha value is 1.66. The first-order chi connectivity index (χ1) is 3.80. The second kappa shape index (κ2) is 3.74. The molecule has 0 aromatic carbocycles. The summed E-state index contributed by atoms with van der Waals surface area (Å²) in [4.78, 5) is 0. The number of thioether (sulfide) groups is 2. The molecular weight excluding hydrogens is 272 g/mol. The third kappa shape index (κ3) is 2.12. The first-order valence-corrected chi connectivity index (χ1v) is 6.25. The average molecular weight is 278 g/mol. The van der Waals surface area contributed by atoms with Gasteiger partial charge in [-0.2, -0.15) is 0 Å². The quantitative estimate of drug-likeness (QED) is 0.625. The summed E-state index contributed by atoms with van der Waals surface area (Å²) >= 11 is 11.0. The molecule has 0 aliphatic carbocycles. The zero-order valence-corrected chi connectivity index (χ0v) is 8.95. The fourth-order valence-corrected chi connectivity index (χ4v) is 4.50. The molecule has 1 aliphatic heterocycles. The van der Waals surface area contributed by atoms with Crippen molar-refractivity contribution in [1.82, 2.24) is 0 Å². The molecular formula is C4H6Br2S2. The summed E-state index contributed by atoms with van der Waals surface area (Å²) in [5.41, 5.74) is 0. The Bertz CT molecular complexity index is 68.4. The minimum absolute atomic E-state index is 0.612. The van der Waals surface area contributed by atoms with Gasteiger partial charge in [0.05, 0.1) is 8.32 Å². The molecule has 1 saturated heterocycles. The number of halogens is 2. The first-order valence-electron chi connectivity index (χ1n) is 2.32. The smallest absolute Gasteiger partial charge is 0.0816 e. The van der Waals surface area contributed by atoms with Gasteiger partial charge in [0.2, 0.25) is 0 Å². The van der Waals surface area contributed by atoms with E-state index in [1.807, 2.05) is 23.5 Å². The highest BCUT2D eigenvalue weighted by molar-refractivity contribution is 9.14. The molecule has 0 aromatic heterocycles. The summed E-state index contributed by atoms with van der Waals surface area (Å²) in [6.45, 7) is 0. The van der Waals surface area contributed by atoms with Crippen molar-refractivity contribution in [3.05, 3.63) is 0 Å². The molecule has 1 rings (SSSR count). The van der Waals surface area contributed by atoms with E-state index in [1.54, 1.807) is 0 Å². The summed E-state index contributed by atoms with van der Waals surface area (Å²) in [6.07, 6.45) is 0. The highest BCUT2D eigenvalue weighted by Gasteiger charge is 2.20. The normalized spacial score (nSPS) is 39.8. The SMILES string of the molecule is BrC1SCCSC1Br. The molecule has 4 heteroatoms. The maximum absolute atomic E-state index is 3.55. The Balaban J connectivity index is 2.28. The molecule has 0 bridgehead atoms. The van der Waals surface area contributed by atoms with E-state index in [9.17, 15) is 0 Å². The molecule has 1 fully saturated rings. The highest BCUT2D eigenvalue weighted by atomic mass is 79.9. The molecule has 0 amide bonds. The predicted octanol–water partition coefficient (Wildman–Crippen LogP) is 2.91. The topological polar surface area (TPSA) is 0 Å². The summed E-state index contributed by atoms with van der Waals surface area (Å²) < 4.78 is 1.22. The molecule has 0 N–H and O–H groups in total. The van der Waals surface area contributed by atoms with E-state index in [2.05, 4.69) is 31.9 Å². The number of rotatable bonds is 0. The zero-order valence-electron chi connectivity index (χ0n) is 4.14. The third-order valence-corrected chi connectivity index (χ3v) is 7.39. The standard InChI is InChI=1S/C4H6Br2S2/c5-3-4(6)8-2-1-7-3/h3-4H,1-2H2. The number of hydrogen-bond acceptors (Lipinski definition) is 2. The van der Waals surface area contributed by atoms with Crippen LogP contribution in [-0.4, -0.2) is 19.8 Å². The minimum atomic E-state index is 0.612. The van der Waals surface area contributed by atoms with Crippen molar-refractivity contribution in [2.75, 3.05) is 11.5 Å². The van der Waals surface area contributed by atoms with Gasteiger partial charge in [-0.05, 0) is 0 Å². The van der Waals surface area contributed by atoms with Crippen LogP contribution in [0, 0.1) is 0 Å². The van der Waals surface area contributed by atoms with Crippen molar-refractivity contribution >= 4 is 55.4 Å². The van der Waals surface area contributed by atoms with Crippen LogP contribution in [-0.2, 0) is 0 Å². The van der Waals surface area contributed by atoms with Crippen LogP contribution < -0.4 is 0 Å². The van der Waals surface area contributed by atoms with E-state index in [0.29, 0.717) is 8.32 Å². The van der Waals surface area contributed by atoms with Crippen LogP contribution in [0.4, 0.5) is 0 Å².